The summed E-state index contributed by atoms with van der Waals surface area (Å²) in [5.74, 6) is 0.194. The van der Waals surface area contributed by atoms with E-state index in [1.54, 1.807) is 6.08 Å². The van der Waals surface area contributed by atoms with Gasteiger partial charge in [0.15, 0.2) is 5.72 Å². The van der Waals surface area contributed by atoms with Crippen LogP contribution < -0.4 is 10.9 Å². The van der Waals surface area contributed by atoms with Crippen molar-refractivity contribution in [1.82, 2.24) is 10.9 Å². The molecule has 1 saturated heterocycles. The Kier molecular flexibility index (Phi) is 11.3. The van der Waals surface area contributed by atoms with E-state index in [2.05, 4.69) is 81.0 Å². The molecule has 0 aromatic heterocycles. The molecule has 0 radical (unpaired) electrons. The number of aliphatic hydroxyl groups is 2. The van der Waals surface area contributed by atoms with Crippen LogP contribution in [0, 0.1) is 45.8 Å². The number of unbranched alkanes of at least 4 members (excludes halogenated alkanes) is 2. The van der Waals surface area contributed by atoms with E-state index in [0.717, 1.165) is 56.9 Å². The minimum absolute atomic E-state index is 0.141. The molecular weight excluding hydrogens is 677 g/mol. The molecule has 1 aromatic rings. The Balaban J connectivity index is 1.30. The monoisotopic (exact) mass is 745 g/mol. The van der Waals surface area contributed by atoms with Gasteiger partial charge in [0.25, 0.3) is 0 Å². The molecule has 0 amide bonds. The third-order valence-electron chi connectivity index (χ3n) is 15.7. The highest BCUT2D eigenvalue weighted by atomic mass is 16.6. The molecular formula is C46H68N2O6. The molecule has 1 aromatic carbocycles. The highest BCUT2D eigenvalue weighted by molar-refractivity contribution is 5.85. The number of hydrogen-bond donors (Lipinski definition) is 4. The summed E-state index contributed by atoms with van der Waals surface area (Å²) < 4.78 is 12.0. The Bertz CT molecular complexity index is 1580. The zero-order valence-corrected chi connectivity index (χ0v) is 33.7. The van der Waals surface area contributed by atoms with Crippen LogP contribution in [0.2, 0.25) is 0 Å². The summed E-state index contributed by atoms with van der Waals surface area (Å²) in [6.45, 7) is 10.9. The second-order valence-corrected chi connectivity index (χ2v) is 19.1. The summed E-state index contributed by atoms with van der Waals surface area (Å²) in [7, 11) is 0. The second-order valence-electron chi connectivity index (χ2n) is 19.1. The fraction of sp³-hybridized carbons (Fsp3) is 0.739. The van der Waals surface area contributed by atoms with Crippen molar-refractivity contribution in [2.75, 3.05) is 6.61 Å². The highest BCUT2D eigenvalue weighted by Crippen LogP contribution is 2.77. The lowest BCUT2D eigenvalue weighted by Crippen LogP contribution is -2.83. The van der Waals surface area contributed by atoms with Crippen molar-refractivity contribution in [2.24, 2.45) is 45.8 Å². The van der Waals surface area contributed by atoms with Crippen LogP contribution in [0.3, 0.4) is 0 Å². The van der Waals surface area contributed by atoms with E-state index in [1.807, 2.05) is 0 Å². The van der Waals surface area contributed by atoms with Gasteiger partial charge in [-0.3, -0.25) is 10.2 Å². The number of fused-ring (bicyclic) bond motifs is 3. The van der Waals surface area contributed by atoms with Gasteiger partial charge in [-0.1, -0.05) is 109 Å². The normalized spacial score (nSPS) is 41.3. The number of aliphatic hydroxyl groups excluding tert-OH is 1. The molecule has 2 aliphatic heterocycles. The van der Waals surface area contributed by atoms with Gasteiger partial charge in [-0.25, -0.2) is 10.2 Å². The number of cyclic esters (lactones) is 1. The molecule has 54 heavy (non-hydrogen) atoms. The molecule has 4 aliphatic carbocycles. The summed E-state index contributed by atoms with van der Waals surface area (Å²) in [6.07, 6.45) is 20.2. The minimum Gasteiger partial charge on any atom is -0.458 e. The Labute approximate surface area is 324 Å². The smallest absolute Gasteiger partial charge is 0.331 e. The van der Waals surface area contributed by atoms with Gasteiger partial charge in [0.1, 0.15) is 6.61 Å². The minimum atomic E-state index is -1.35. The molecule has 2 heterocycles. The maximum atomic E-state index is 14.0. The molecule has 298 valence electrons. The van der Waals surface area contributed by atoms with E-state index in [0.29, 0.717) is 43.4 Å². The zero-order chi connectivity index (χ0) is 38.4. The molecule has 4 N–H and O–H groups in total. The van der Waals surface area contributed by atoms with E-state index < -0.39 is 28.3 Å². The first kappa shape index (κ1) is 39.7. The maximum absolute atomic E-state index is 14.0. The largest absolute Gasteiger partial charge is 0.458 e. The summed E-state index contributed by atoms with van der Waals surface area (Å²) in [5.41, 5.74) is 5.13. The van der Waals surface area contributed by atoms with Gasteiger partial charge in [0, 0.05) is 42.2 Å². The highest BCUT2D eigenvalue weighted by Gasteiger charge is 2.82. The first-order chi connectivity index (χ1) is 25.8. The Morgan fingerprint density at radius 1 is 1.07 bits per heavy atom. The molecule has 4 fully saturated rings. The predicted octanol–water partition coefficient (Wildman–Crippen LogP) is 8.12. The van der Waals surface area contributed by atoms with Crippen LogP contribution >= 0.6 is 0 Å². The summed E-state index contributed by atoms with van der Waals surface area (Å²) in [4.78, 5) is 25.5. The number of nitrogens with one attached hydrogen (secondary N) is 2. The van der Waals surface area contributed by atoms with Crippen molar-refractivity contribution in [3.05, 3.63) is 59.7 Å². The number of hydrazine groups is 1. The van der Waals surface area contributed by atoms with Crippen molar-refractivity contribution in [1.29, 1.82) is 0 Å². The van der Waals surface area contributed by atoms with Gasteiger partial charge in [-0.05, 0) is 98.0 Å². The molecule has 8 nitrogen and oxygen atoms in total. The number of allylic oxidation sites excluding steroid dienone is 1. The van der Waals surface area contributed by atoms with Gasteiger partial charge in [-0.15, -0.1) is 0 Å². The predicted molar refractivity (Wildman–Crippen MR) is 211 cm³/mol. The lowest BCUT2D eigenvalue weighted by atomic mass is 9.31. The van der Waals surface area contributed by atoms with Crippen molar-refractivity contribution in [2.45, 2.75) is 161 Å². The number of carbonyl (C=O) groups is 2. The van der Waals surface area contributed by atoms with E-state index in [-0.39, 0.29) is 41.8 Å². The Morgan fingerprint density at radius 2 is 1.87 bits per heavy atom. The van der Waals surface area contributed by atoms with Crippen molar-refractivity contribution >= 4 is 11.9 Å². The number of carbonyl (C=O) groups excluding carboxylic acids is 2. The molecule has 3 saturated carbocycles. The van der Waals surface area contributed by atoms with Crippen molar-refractivity contribution in [3.8, 4) is 0 Å². The van der Waals surface area contributed by atoms with Crippen molar-refractivity contribution < 1.29 is 29.3 Å². The van der Waals surface area contributed by atoms with Crippen LogP contribution in [0.5, 0.6) is 0 Å². The van der Waals surface area contributed by atoms with Gasteiger partial charge >= 0.3 is 11.9 Å². The van der Waals surface area contributed by atoms with Crippen LogP contribution in [0.25, 0.3) is 0 Å². The molecule has 6 aliphatic rings. The number of rotatable bonds is 15. The first-order valence-corrected chi connectivity index (χ1v) is 21.5. The molecule has 12 unspecified atom stereocenters. The topological polar surface area (TPSA) is 117 Å². The lowest BCUT2D eigenvalue weighted by Gasteiger charge is -2.76. The van der Waals surface area contributed by atoms with E-state index in [9.17, 15) is 19.8 Å². The van der Waals surface area contributed by atoms with E-state index in [1.165, 1.54) is 38.2 Å². The molecule has 8 heteroatoms. The Hall–Kier alpha value is -2.52. The number of ether oxygens (including phenoxy) is 2. The first-order valence-electron chi connectivity index (χ1n) is 21.5. The van der Waals surface area contributed by atoms with Crippen LogP contribution in [0.1, 0.15) is 136 Å². The third kappa shape index (κ3) is 6.73. The fourth-order valence-corrected chi connectivity index (χ4v) is 13.4. The fourth-order valence-electron chi connectivity index (χ4n) is 13.4. The van der Waals surface area contributed by atoms with E-state index in [4.69, 9.17) is 9.47 Å². The molecule has 7 rings (SSSR count). The average molecular weight is 745 g/mol. The number of aryl methyl sites for hydroxylation is 1. The lowest BCUT2D eigenvalue weighted by molar-refractivity contribution is -0.357. The van der Waals surface area contributed by atoms with Gasteiger partial charge in [0.2, 0.25) is 0 Å². The average Bonchev–Trinajstić information content (AvgIpc) is 3.73. The standard InChI is InChI=1S/C46H68N2O6/c1-6-7-9-16-34-26-37-38(27-34)47-48-44(54-32(3)49)30-42(4)23-21-36(19-18-31(2)13-12-17-33-14-10-8-11-15-33)46(39(50)22-24-43(37,5)41(44)46)45(42,52)25-20-35-28-40(51)53-29-35/h8,10-11,14-15,21,23,28,31,34,36-39,41,47-48,50,52H,6-7,9,12-13,16-20,22,24-27,29-30H2,1-5H3. The van der Waals surface area contributed by atoms with E-state index >= 15 is 0 Å². The van der Waals surface area contributed by atoms with Crippen molar-refractivity contribution in [3.63, 3.8) is 0 Å². The molecule has 1 spiro atoms. The van der Waals surface area contributed by atoms with Gasteiger partial charge < -0.3 is 19.7 Å². The SMILES string of the molecule is CCCCCC1CC2NNC3(OC(C)=O)CC4(C)C=CC(CCC(C)CCCc5ccccc5)C5(C(O)CCC(C)(C2C1)C35)C4(O)CCC1=CC(=O)OC1. The number of hydrogen-bond acceptors (Lipinski definition) is 8. The van der Waals surface area contributed by atoms with Crippen LogP contribution in [0.15, 0.2) is 54.1 Å². The summed E-state index contributed by atoms with van der Waals surface area (Å²) in [6, 6.07) is 10.9. The summed E-state index contributed by atoms with van der Waals surface area (Å²) >= 11 is 0. The zero-order valence-electron chi connectivity index (χ0n) is 33.7. The van der Waals surface area contributed by atoms with Crippen LogP contribution in [0.4, 0.5) is 0 Å². The molecule has 12 atom stereocenters. The number of esters is 2. The molecule has 2 bridgehead atoms. The summed E-state index contributed by atoms with van der Waals surface area (Å²) in [5, 5.41) is 27.0. The number of benzene rings is 1. The third-order valence-corrected chi connectivity index (χ3v) is 15.7. The maximum Gasteiger partial charge on any atom is 0.331 e. The van der Waals surface area contributed by atoms with Crippen LogP contribution in [-0.2, 0) is 25.5 Å². The van der Waals surface area contributed by atoms with Gasteiger partial charge in [0.05, 0.1) is 11.7 Å². The van der Waals surface area contributed by atoms with Crippen LogP contribution in [-0.4, -0.2) is 52.2 Å². The quantitative estimate of drug-likeness (QED) is 0.0809. The van der Waals surface area contributed by atoms with Gasteiger partial charge in [-0.2, -0.15) is 0 Å². The Morgan fingerprint density at radius 3 is 2.59 bits per heavy atom. The second kappa shape index (κ2) is 15.4.